The third-order valence-corrected chi connectivity index (χ3v) is 1.79. The zero-order chi connectivity index (χ0) is 9.84. The van der Waals surface area contributed by atoms with Crippen molar-refractivity contribution >= 4 is 11.9 Å². The Kier molecular flexibility index (Phi) is 3.21. The summed E-state index contributed by atoms with van der Waals surface area (Å²) in [5.41, 5.74) is 0. The highest BCUT2D eigenvalue weighted by Gasteiger charge is 2.26. The molecule has 1 aliphatic heterocycles. The molecule has 1 rings (SSSR count). The Balaban J connectivity index is 2.30. The van der Waals surface area contributed by atoms with Gasteiger partial charge >= 0.3 is 11.9 Å². The van der Waals surface area contributed by atoms with Gasteiger partial charge in [0, 0.05) is 6.54 Å². The van der Waals surface area contributed by atoms with Gasteiger partial charge in [-0.3, -0.25) is 14.9 Å². The molecule has 0 amide bonds. The van der Waals surface area contributed by atoms with E-state index in [1.807, 2.05) is 0 Å². The molecule has 0 aromatic heterocycles. The van der Waals surface area contributed by atoms with E-state index in [9.17, 15) is 9.59 Å². The standard InChI is InChI=1S/C7H11NO5/c9-6(10)1-4-2-8-5(3-13-4)7(11)12/h4-5,8H,1-3H2,(H,9,10)(H,11,12). The zero-order valence-electron chi connectivity index (χ0n) is 6.90. The van der Waals surface area contributed by atoms with Crippen molar-refractivity contribution in [3.8, 4) is 0 Å². The van der Waals surface area contributed by atoms with Crippen molar-refractivity contribution in [1.29, 1.82) is 0 Å². The Labute approximate surface area is 74.5 Å². The third kappa shape index (κ3) is 3.00. The predicted molar refractivity (Wildman–Crippen MR) is 41.4 cm³/mol. The average Bonchev–Trinajstić information content (AvgIpc) is 2.04. The Bertz CT molecular complexity index is 209. The fraction of sp³-hybridized carbons (Fsp3) is 0.714. The number of morpholine rings is 1. The van der Waals surface area contributed by atoms with Crippen molar-refractivity contribution in [3.63, 3.8) is 0 Å². The van der Waals surface area contributed by atoms with E-state index in [-0.39, 0.29) is 19.6 Å². The molecule has 0 radical (unpaired) electrons. The van der Waals surface area contributed by atoms with Crippen LogP contribution in [0.25, 0.3) is 0 Å². The second-order valence-corrected chi connectivity index (χ2v) is 2.85. The van der Waals surface area contributed by atoms with Gasteiger partial charge in [-0.1, -0.05) is 0 Å². The number of hydrogen-bond acceptors (Lipinski definition) is 4. The van der Waals surface area contributed by atoms with Crippen LogP contribution in [0.5, 0.6) is 0 Å². The van der Waals surface area contributed by atoms with Crippen LogP contribution in [-0.4, -0.2) is 47.4 Å². The number of aliphatic carboxylic acids is 2. The number of rotatable bonds is 3. The summed E-state index contributed by atoms with van der Waals surface area (Å²) in [4.78, 5) is 20.7. The fourth-order valence-electron chi connectivity index (χ4n) is 1.11. The van der Waals surface area contributed by atoms with Gasteiger partial charge in [-0.2, -0.15) is 0 Å². The monoisotopic (exact) mass is 189 g/mol. The molecular weight excluding hydrogens is 178 g/mol. The molecule has 1 heterocycles. The molecule has 74 valence electrons. The highest BCUT2D eigenvalue weighted by molar-refractivity contribution is 5.73. The first-order valence-electron chi connectivity index (χ1n) is 3.89. The number of ether oxygens (including phenoxy) is 1. The van der Waals surface area contributed by atoms with Gasteiger partial charge < -0.3 is 14.9 Å². The number of hydrogen-bond donors (Lipinski definition) is 3. The van der Waals surface area contributed by atoms with Gasteiger partial charge in [-0.05, 0) is 0 Å². The Hall–Kier alpha value is -1.14. The van der Waals surface area contributed by atoms with Crippen LogP contribution < -0.4 is 5.32 Å². The quantitative estimate of drug-likeness (QED) is 0.521. The van der Waals surface area contributed by atoms with Crippen LogP contribution in [0, 0.1) is 0 Å². The molecule has 0 aliphatic carbocycles. The summed E-state index contributed by atoms with van der Waals surface area (Å²) in [6.07, 6.45) is -0.521. The summed E-state index contributed by atoms with van der Waals surface area (Å²) < 4.78 is 5.04. The summed E-state index contributed by atoms with van der Waals surface area (Å²) in [5.74, 6) is -1.92. The molecule has 0 aromatic rings. The van der Waals surface area contributed by atoms with Crippen LogP contribution in [0.2, 0.25) is 0 Å². The lowest BCUT2D eigenvalue weighted by Crippen LogP contribution is -2.50. The first kappa shape index (κ1) is 9.94. The van der Waals surface area contributed by atoms with Gasteiger partial charge in [0.15, 0.2) is 0 Å². The highest BCUT2D eigenvalue weighted by Crippen LogP contribution is 2.05. The summed E-state index contributed by atoms with van der Waals surface area (Å²) in [5, 5.41) is 19.7. The summed E-state index contributed by atoms with van der Waals surface area (Å²) in [6, 6.07) is -0.718. The first-order valence-corrected chi connectivity index (χ1v) is 3.89. The molecule has 1 fully saturated rings. The van der Waals surface area contributed by atoms with E-state index in [0.717, 1.165) is 0 Å². The molecule has 0 bridgehead atoms. The van der Waals surface area contributed by atoms with Gasteiger partial charge in [0.2, 0.25) is 0 Å². The molecule has 0 aromatic carbocycles. The Morgan fingerprint density at radius 1 is 1.46 bits per heavy atom. The maximum absolute atomic E-state index is 10.4. The van der Waals surface area contributed by atoms with Crippen LogP contribution in [0.15, 0.2) is 0 Å². The summed E-state index contributed by atoms with van der Waals surface area (Å²) in [6.45, 7) is 0.288. The normalized spacial score (nSPS) is 28.3. The molecule has 1 aliphatic rings. The van der Waals surface area contributed by atoms with Gasteiger partial charge in [0.05, 0.1) is 19.1 Å². The lowest BCUT2D eigenvalue weighted by Gasteiger charge is -2.26. The molecule has 3 N–H and O–H groups in total. The van der Waals surface area contributed by atoms with Gasteiger partial charge in [0.1, 0.15) is 6.04 Å². The van der Waals surface area contributed by atoms with Crippen molar-refractivity contribution in [3.05, 3.63) is 0 Å². The van der Waals surface area contributed by atoms with Crippen molar-refractivity contribution in [2.24, 2.45) is 0 Å². The lowest BCUT2D eigenvalue weighted by molar-refractivity contribution is -0.146. The maximum Gasteiger partial charge on any atom is 0.323 e. The van der Waals surface area contributed by atoms with E-state index >= 15 is 0 Å². The smallest absolute Gasteiger partial charge is 0.323 e. The summed E-state index contributed by atoms with van der Waals surface area (Å²) in [7, 11) is 0. The van der Waals surface area contributed by atoms with E-state index in [4.69, 9.17) is 14.9 Å². The molecule has 2 atom stereocenters. The minimum absolute atomic E-state index is 0.0211. The molecule has 13 heavy (non-hydrogen) atoms. The van der Waals surface area contributed by atoms with Gasteiger partial charge in [-0.25, -0.2) is 0 Å². The van der Waals surface area contributed by atoms with E-state index in [1.165, 1.54) is 0 Å². The average molecular weight is 189 g/mol. The van der Waals surface area contributed by atoms with Gasteiger partial charge in [0.25, 0.3) is 0 Å². The van der Waals surface area contributed by atoms with Crippen molar-refractivity contribution in [2.75, 3.05) is 13.2 Å². The fourth-order valence-corrected chi connectivity index (χ4v) is 1.11. The largest absolute Gasteiger partial charge is 0.481 e. The van der Waals surface area contributed by atoms with Crippen LogP contribution in [-0.2, 0) is 14.3 Å². The number of carbonyl (C=O) groups is 2. The van der Waals surface area contributed by atoms with Gasteiger partial charge in [-0.15, -0.1) is 0 Å². The second kappa shape index (κ2) is 4.20. The van der Waals surface area contributed by atoms with E-state index in [2.05, 4.69) is 5.32 Å². The zero-order valence-corrected chi connectivity index (χ0v) is 6.90. The van der Waals surface area contributed by atoms with Crippen LogP contribution in [0.3, 0.4) is 0 Å². The van der Waals surface area contributed by atoms with Crippen LogP contribution in [0.4, 0.5) is 0 Å². The Morgan fingerprint density at radius 3 is 2.54 bits per heavy atom. The van der Waals surface area contributed by atoms with Crippen molar-refractivity contribution < 1.29 is 24.5 Å². The van der Waals surface area contributed by atoms with E-state index < -0.39 is 24.1 Å². The maximum atomic E-state index is 10.4. The Morgan fingerprint density at radius 2 is 2.15 bits per heavy atom. The van der Waals surface area contributed by atoms with Crippen molar-refractivity contribution in [1.82, 2.24) is 5.32 Å². The SMILES string of the molecule is O=C(O)CC1CNC(C(=O)O)CO1. The van der Waals surface area contributed by atoms with E-state index in [0.29, 0.717) is 0 Å². The topological polar surface area (TPSA) is 95.9 Å². The lowest BCUT2D eigenvalue weighted by atomic mass is 10.2. The number of nitrogens with one attached hydrogen (secondary N) is 1. The molecule has 6 heteroatoms. The highest BCUT2D eigenvalue weighted by atomic mass is 16.5. The minimum Gasteiger partial charge on any atom is -0.481 e. The molecular formula is C7H11NO5. The second-order valence-electron chi connectivity index (χ2n) is 2.85. The molecule has 6 nitrogen and oxygen atoms in total. The number of carboxylic acid groups (broad SMARTS) is 2. The third-order valence-electron chi connectivity index (χ3n) is 1.79. The molecule has 0 spiro atoms. The minimum atomic E-state index is -0.978. The number of carboxylic acids is 2. The molecule has 1 saturated heterocycles. The van der Waals surface area contributed by atoms with Crippen LogP contribution >= 0.6 is 0 Å². The van der Waals surface area contributed by atoms with Crippen molar-refractivity contribution in [2.45, 2.75) is 18.6 Å². The van der Waals surface area contributed by atoms with E-state index in [1.54, 1.807) is 0 Å². The van der Waals surface area contributed by atoms with Crippen LogP contribution in [0.1, 0.15) is 6.42 Å². The summed E-state index contributed by atoms with van der Waals surface area (Å²) >= 11 is 0. The molecule has 2 unspecified atom stereocenters. The predicted octanol–water partition coefficient (Wildman–Crippen LogP) is -1.10. The first-order chi connectivity index (χ1) is 6.09. The molecule has 0 saturated carbocycles.